The van der Waals surface area contributed by atoms with Gasteiger partial charge in [0, 0.05) is 18.2 Å². The number of sulfonamides is 1. The zero-order chi connectivity index (χ0) is 22.0. The Bertz CT molecular complexity index is 1280. The molecule has 7 heteroatoms. The Kier molecular flexibility index (Phi) is 5.44. The normalized spacial score (nSPS) is 14.7. The van der Waals surface area contributed by atoms with Gasteiger partial charge in [0.15, 0.2) is 5.76 Å². The lowest BCUT2D eigenvalue weighted by Crippen LogP contribution is -2.36. The first-order valence-corrected chi connectivity index (χ1v) is 11.0. The number of esters is 1. The Morgan fingerprint density at radius 2 is 1.42 bits per heavy atom. The van der Waals surface area contributed by atoms with Gasteiger partial charge in [-0.1, -0.05) is 72.8 Å². The van der Waals surface area contributed by atoms with Crippen LogP contribution >= 0.6 is 0 Å². The molecule has 1 aliphatic rings. The van der Waals surface area contributed by atoms with E-state index in [0.29, 0.717) is 0 Å². The fraction of sp³-hybridized carbons (Fsp3) is 0.0833. The van der Waals surface area contributed by atoms with Crippen molar-refractivity contribution in [2.75, 3.05) is 7.05 Å². The molecule has 0 unspecified atom stereocenters. The van der Waals surface area contributed by atoms with Crippen molar-refractivity contribution >= 4 is 27.5 Å². The maximum atomic E-state index is 13.3. The summed E-state index contributed by atoms with van der Waals surface area (Å²) in [7, 11) is -2.70. The monoisotopic (exact) mass is 433 g/mol. The summed E-state index contributed by atoms with van der Waals surface area (Å²) < 4.78 is 32.7. The van der Waals surface area contributed by atoms with Gasteiger partial charge in [-0.3, -0.25) is 13.9 Å². The molecule has 1 aliphatic heterocycles. The Morgan fingerprint density at radius 1 is 0.839 bits per heavy atom. The van der Waals surface area contributed by atoms with Crippen LogP contribution in [0.15, 0.2) is 95.5 Å². The quantitative estimate of drug-likeness (QED) is 0.453. The smallest absolute Gasteiger partial charge is 0.315 e. The molecule has 0 spiro atoms. The number of ether oxygens (including phenoxy) is 1. The molecule has 0 amide bonds. The number of hydrogen-bond donors (Lipinski definition) is 0. The van der Waals surface area contributed by atoms with Crippen molar-refractivity contribution in [1.82, 2.24) is 4.31 Å². The molecule has 4 rings (SSSR count). The van der Waals surface area contributed by atoms with Gasteiger partial charge in [-0.15, -0.1) is 0 Å². The van der Waals surface area contributed by atoms with Crippen LogP contribution in [0.25, 0.3) is 5.76 Å². The molecule has 3 aromatic rings. The van der Waals surface area contributed by atoms with Crippen LogP contribution < -0.4 is 0 Å². The molecule has 0 N–H and O–H groups in total. The third-order valence-electron chi connectivity index (χ3n) is 4.96. The van der Waals surface area contributed by atoms with Gasteiger partial charge in [0.2, 0.25) is 5.78 Å². The van der Waals surface area contributed by atoms with Crippen LogP contribution in [0.1, 0.15) is 21.5 Å². The van der Waals surface area contributed by atoms with E-state index >= 15 is 0 Å². The topological polar surface area (TPSA) is 80.8 Å². The number of carbonyl (C=O) groups is 2. The molecule has 0 radical (unpaired) electrons. The Labute approximate surface area is 180 Å². The van der Waals surface area contributed by atoms with E-state index in [0.717, 1.165) is 9.87 Å². The lowest BCUT2D eigenvalue weighted by atomic mass is 10.0. The van der Waals surface area contributed by atoms with E-state index in [1.807, 2.05) is 18.2 Å². The number of allylic oxidation sites excluding steroid dienone is 1. The molecule has 6 nitrogen and oxygen atoms in total. The highest BCUT2D eigenvalue weighted by atomic mass is 32.2. The first-order valence-electron chi connectivity index (χ1n) is 9.56. The number of hydrogen-bond acceptors (Lipinski definition) is 5. The molecule has 0 saturated carbocycles. The second-order valence-electron chi connectivity index (χ2n) is 6.98. The van der Waals surface area contributed by atoms with Gasteiger partial charge in [-0.25, -0.2) is 8.42 Å². The summed E-state index contributed by atoms with van der Waals surface area (Å²) in [5.41, 5.74) is 1.01. The second-order valence-corrected chi connectivity index (χ2v) is 8.92. The van der Waals surface area contributed by atoms with Crippen LogP contribution in [0.3, 0.4) is 0 Å². The van der Waals surface area contributed by atoms with E-state index < -0.39 is 21.8 Å². The van der Waals surface area contributed by atoms with Crippen molar-refractivity contribution in [2.24, 2.45) is 0 Å². The molecule has 0 bridgehead atoms. The van der Waals surface area contributed by atoms with Crippen molar-refractivity contribution in [2.45, 2.75) is 11.3 Å². The third kappa shape index (κ3) is 3.87. The fourth-order valence-corrected chi connectivity index (χ4v) is 4.80. The average molecular weight is 433 g/mol. The molecule has 0 fully saturated rings. The molecule has 156 valence electrons. The SMILES string of the molecule is CN1C(C(=O)c2ccccc2)=C(OC(=O)Cc2ccccc2)c2ccccc2S1(=O)=O. The Hall–Kier alpha value is -3.71. The van der Waals surface area contributed by atoms with Gasteiger partial charge >= 0.3 is 5.97 Å². The minimum atomic E-state index is -3.99. The molecule has 31 heavy (non-hydrogen) atoms. The van der Waals surface area contributed by atoms with Crippen molar-refractivity contribution in [3.05, 3.63) is 107 Å². The van der Waals surface area contributed by atoms with Gasteiger partial charge in [0.05, 0.1) is 11.3 Å². The standard InChI is InChI=1S/C24H19NO5S/c1-25-22(23(27)18-12-6-3-7-13-18)24(19-14-8-9-15-20(19)31(25,28)29)30-21(26)16-17-10-4-2-5-11-17/h2-15H,16H2,1H3. The number of likely N-dealkylation sites (N-methyl/N-ethyl adjacent to an activating group) is 1. The van der Waals surface area contributed by atoms with Gasteiger partial charge < -0.3 is 4.74 Å². The van der Waals surface area contributed by atoms with Crippen LogP contribution in [0, 0.1) is 0 Å². The molecular weight excluding hydrogens is 414 g/mol. The van der Waals surface area contributed by atoms with Crippen LogP contribution in [0.5, 0.6) is 0 Å². The first kappa shape index (κ1) is 20.6. The summed E-state index contributed by atoms with van der Waals surface area (Å²) in [6.07, 6.45) is -0.0181. The summed E-state index contributed by atoms with van der Waals surface area (Å²) in [5.74, 6) is -1.21. The molecular formula is C24H19NO5S. The highest BCUT2D eigenvalue weighted by Crippen LogP contribution is 2.38. The van der Waals surface area contributed by atoms with Gasteiger partial charge in [-0.2, -0.15) is 0 Å². The minimum Gasteiger partial charge on any atom is -0.423 e. The van der Waals surface area contributed by atoms with Crippen molar-refractivity contribution in [3.63, 3.8) is 0 Å². The number of benzene rings is 3. The number of nitrogens with zero attached hydrogens (tertiary/aromatic N) is 1. The summed E-state index contributed by atoms with van der Waals surface area (Å²) in [5, 5.41) is 0. The molecule has 0 atom stereocenters. The Balaban J connectivity index is 1.84. The number of fused-ring (bicyclic) bond motifs is 1. The molecule has 0 aliphatic carbocycles. The zero-order valence-corrected chi connectivity index (χ0v) is 17.5. The van der Waals surface area contributed by atoms with E-state index in [1.54, 1.807) is 54.6 Å². The second kappa shape index (κ2) is 8.20. The zero-order valence-electron chi connectivity index (χ0n) is 16.7. The highest BCUT2D eigenvalue weighted by Gasteiger charge is 2.39. The molecule has 0 saturated heterocycles. The lowest BCUT2D eigenvalue weighted by molar-refractivity contribution is -0.136. The summed E-state index contributed by atoms with van der Waals surface area (Å²) in [6, 6.07) is 23.5. The van der Waals surface area contributed by atoms with E-state index in [9.17, 15) is 18.0 Å². The molecule has 1 heterocycles. The van der Waals surface area contributed by atoms with Crippen LogP contribution in [-0.2, 0) is 26.0 Å². The van der Waals surface area contributed by atoms with Gasteiger partial charge in [-0.05, 0) is 17.7 Å². The third-order valence-corrected chi connectivity index (χ3v) is 6.77. The number of Topliss-reactive ketones (excluding diaryl/α,β-unsaturated/α-hetero) is 1. The van der Waals surface area contributed by atoms with Crippen molar-refractivity contribution in [1.29, 1.82) is 0 Å². The summed E-state index contributed by atoms with van der Waals surface area (Å²) in [6.45, 7) is 0. The summed E-state index contributed by atoms with van der Waals surface area (Å²) in [4.78, 5) is 26.0. The lowest BCUT2D eigenvalue weighted by Gasteiger charge is -2.30. The largest absolute Gasteiger partial charge is 0.423 e. The predicted molar refractivity (Wildman–Crippen MR) is 115 cm³/mol. The summed E-state index contributed by atoms with van der Waals surface area (Å²) >= 11 is 0. The van der Waals surface area contributed by atoms with Crippen LogP contribution in [0.2, 0.25) is 0 Å². The van der Waals surface area contributed by atoms with Gasteiger partial charge in [0.1, 0.15) is 5.70 Å². The number of rotatable bonds is 5. The van der Waals surface area contributed by atoms with Crippen molar-refractivity contribution < 1.29 is 22.7 Å². The fourth-order valence-electron chi connectivity index (χ4n) is 3.41. The van der Waals surface area contributed by atoms with E-state index in [1.165, 1.54) is 19.2 Å². The first-order chi connectivity index (χ1) is 14.9. The minimum absolute atomic E-state index is 0.0181. The van der Waals surface area contributed by atoms with Crippen LogP contribution in [-0.4, -0.2) is 31.5 Å². The molecule has 3 aromatic carbocycles. The van der Waals surface area contributed by atoms with E-state index in [4.69, 9.17) is 4.74 Å². The average Bonchev–Trinajstić information content (AvgIpc) is 2.79. The van der Waals surface area contributed by atoms with Gasteiger partial charge in [0.25, 0.3) is 10.0 Å². The predicted octanol–water partition coefficient (Wildman–Crippen LogP) is 3.66. The Morgan fingerprint density at radius 3 is 2.10 bits per heavy atom. The number of carbonyl (C=O) groups excluding carboxylic acids is 2. The molecule has 0 aromatic heterocycles. The highest BCUT2D eigenvalue weighted by molar-refractivity contribution is 7.89. The number of ketones is 1. The maximum Gasteiger partial charge on any atom is 0.315 e. The van der Waals surface area contributed by atoms with E-state index in [-0.39, 0.29) is 33.9 Å². The maximum absolute atomic E-state index is 13.3. The van der Waals surface area contributed by atoms with Crippen molar-refractivity contribution in [3.8, 4) is 0 Å². The van der Waals surface area contributed by atoms with Crippen LogP contribution in [0.4, 0.5) is 0 Å². The van der Waals surface area contributed by atoms with E-state index in [2.05, 4.69) is 0 Å².